The van der Waals surface area contributed by atoms with Crippen LogP contribution in [0.1, 0.15) is 48.9 Å². The van der Waals surface area contributed by atoms with Crippen LogP contribution in [0.5, 0.6) is 0 Å². The first-order valence-corrected chi connectivity index (χ1v) is 7.44. The Morgan fingerprint density at radius 1 is 1.30 bits per heavy atom. The molecule has 0 radical (unpaired) electrons. The third-order valence-electron chi connectivity index (χ3n) is 3.87. The van der Waals surface area contributed by atoms with Gasteiger partial charge in [0.25, 0.3) is 5.91 Å². The monoisotopic (exact) mass is 296 g/mol. The molecule has 1 amide bonds. The average Bonchev–Trinajstić information content (AvgIpc) is 2.65. The lowest BCUT2D eigenvalue weighted by Gasteiger charge is -2.26. The third-order valence-corrected chi connectivity index (χ3v) is 4.20. The van der Waals surface area contributed by atoms with E-state index in [0.717, 1.165) is 38.5 Å². The lowest BCUT2D eigenvalue weighted by atomic mass is 9.94. The highest BCUT2D eigenvalue weighted by Gasteiger charge is 2.28. The molecule has 0 bridgehead atoms. The fraction of sp³-hybridized carbons (Fsp3) is 0.533. The molecule has 110 valence electrons. The Morgan fingerprint density at radius 2 is 1.95 bits per heavy atom. The van der Waals surface area contributed by atoms with Crippen molar-refractivity contribution in [1.82, 2.24) is 5.32 Å². The third kappa shape index (κ3) is 3.87. The molecule has 0 aliphatic heterocycles. The second-order valence-corrected chi connectivity index (χ2v) is 5.96. The van der Waals surface area contributed by atoms with Crippen LogP contribution in [-0.4, -0.2) is 23.2 Å². The van der Waals surface area contributed by atoms with Crippen molar-refractivity contribution in [2.45, 2.75) is 44.1 Å². The van der Waals surface area contributed by atoms with E-state index in [1.165, 1.54) is 0 Å². The molecule has 0 aromatic heterocycles. The summed E-state index contributed by atoms with van der Waals surface area (Å²) in [4.78, 5) is 12.1. The van der Waals surface area contributed by atoms with Crippen molar-refractivity contribution in [2.75, 3.05) is 12.3 Å². The number of amides is 1. The van der Waals surface area contributed by atoms with Crippen molar-refractivity contribution < 1.29 is 9.90 Å². The number of anilines is 1. The van der Waals surface area contributed by atoms with E-state index in [4.69, 9.17) is 17.3 Å². The SMILES string of the molecule is Nc1ccc(C(=O)NCC2(O)CCCCCC2)cc1Cl. The summed E-state index contributed by atoms with van der Waals surface area (Å²) < 4.78 is 0. The first kappa shape index (κ1) is 15.1. The second-order valence-electron chi connectivity index (χ2n) is 5.56. The number of nitrogen functional groups attached to an aromatic ring is 1. The van der Waals surface area contributed by atoms with Crippen LogP contribution in [0.3, 0.4) is 0 Å². The molecule has 0 saturated heterocycles. The number of halogens is 1. The molecule has 0 unspecified atom stereocenters. The minimum atomic E-state index is -0.774. The van der Waals surface area contributed by atoms with Gasteiger partial charge in [-0.05, 0) is 31.0 Å². The van der Waals surface area contributed by atoms with E-state index in [1.54, 1.807) is 18.2 Å². The topological polar surface area (TPSA) is 75.4 Å². The highest BCUT2D eigenvalue weighted by Crippen LogP contribution is 2.26. The predicted octanol–water partition coefficient (Wildman–Crippen LogP) is 2.74. The van der Waals surface area contributed by atoms with Gasteiger partial charge in [0.1, 0.15) is 0 Å². The maximum atomic E-state index is 12.1. The zero-order valence-electron chi connectivity index (χ0n) is 11.5. The summed E-state index contributed by atoms with van der Waals surface area (Å²) >= 11 is 5.90. The lowest BCUT2D eigenvalue weighted by molar-refractivity contribution is 0.0246. The van der Waals surface area contributed by atoms with Gasteiger partial charge in [0.15, 0.2) is 0 Å². The molecule has 0 atom stereocenters. The van der Waals surface area contributed by atoms with Gasteiger partial charge in [-0.3, -0.25) is 4.79 Å². The zero-order valence-corrected chi connectivity index (χ0v) is 12.2. The van der Waals surface area contributed by atoms with E-state index in [2.05, 4.69) is 5.32 Å². The number of nitrogens with two attached hydrogens (primary N) is 1. The van der Waals surface area contributed by atoms with Crippen LogP contribution in [0.25, 0.3) is 0 Å². The Hall–Kier alpha value is -1.26. The molecule has 1 saturated carbocycles. The van der Waals surface area contributed by atoms with Crippen LogP contribution in [0, 0.1) is 0 Å². The molecule has 20 heavy (non-hydrogen) atoms. The Labute approximate surface area is 124 Å². The summed E-state index contributed by atoms with van der Waals surface area (Å²) in [7, 11) is 0. The number of aliphatic hydroxyl groups is 1. The molecule has 0 spiro atoms. The van der Waals surface area contributed by atoms with E-state index in [1.807, 2.05) is 0 Å². The highest BCUT2D eigenvalue weighted by molar-refractivity contribution is 6.33. The van der Waals surface area contributed by atoms with Crippen molar-refractivity contribution >= 4 is 23.2 Å². The average molecular weight is 297 g/mol. The highest BCUT2D eigenvalue weighted by atomic mass is 35.5. The minimum Gasteiger partial charge on any atom is -0.398 e. The van der Waals surface area contributed by atoms with Crippen LogP contribution in [0.15, 0.2) is 18.2 Å². The van der Waals surface area contributed by atoms with Crippen molar-refractivity contribution in [1.29, 1.82) is 0 Å². The number of carbonyl (C=O) groups excluding carboxylic acids is 1. The van der Waals surface area contributed by atoms with Crippen LogP contribution >= 0.6 is 11.6 Å². The summed E-state index contributed by atoms with van der Waals surface area (Å²) in [6, 6.07) is 4.79. The summed E-state index contributed by atoms with van der Waals surface area (Å²) in [6.07, 6.45) is 5.83. The van der Waals surface area contributed by atoms with Crippen molar-refractivity contribution in [3.8, 4) is 0 Å². The number of hydrogen-bond acceptors (Lipinski definition) is 3. The van der Waals surface area contributed by atoms with Gasteiger partial charge in [-0.1, -0.05) is 37.3 Å². The second kappa shape index (κ2) is 6.46. The van der Waals surface area contributed by atoms with Crippen molar-refractivity contribution in [2.24, 2.45) is 0 Å². The van der Waals surface area contributed by atoms with Gasteiger partial charge >= 0.3 is 0 Å². The molecular formula is C15H21ClN2O2. The number of carbonyl (C=O) groups is 1. The molecule has 0 heterocycles. The summed E-state index contributed by atoms with van der Waals surface area (Å²) in [5.41, 5.74) is 5.75. The van der Waals surface area contributed by atoms with Crippen molar-refractivity contribution in [3.05, 3.63) is 28.8 Å². The van der Waals surface area contributed by atoms with Gasteiger partial charge < -0.3 is 16.2 Å². The fourth-order valence-electron chi connectivity index (χ4n) is 2.58. The number of nitrogens with one attached hydrogen (secondary N) is 1. The zero-order chi connectivity index (χ0) is 14.6. The maximum Gasteiger partial charge on any atom is 0.251 e. The Morgan fingerprint density at radius 3 is 2.55 bits per heavy atom. The van der Waals surface area contributed by atoms with Crippen LogP contribution in [0.2, 0.25) is 5.02 Å². The summed E-state index contributed by atoms with van der Waals surface area (Å²) in [5, 5.41) is 13.6. The Kier molecular flexibility index (Phi) is 4.89. The van der Waals surface area contributed by atoms with Gasteiger partial charge in [-0.2, -0.15) is 0 Å². The fourth-order valence-corrected chi connectivity index (χ4v) is 2.76. The number of hydrogen-bond donors (Lipinski definition) is 3. The molecule has 2 rings (SSSR count). The van der Waals surface area contributed by atoms with E-state index in [-0.39, 0.29) is 12.5 Å². The van der Waals surface area contributed by atoms with E-state index >= 15 is 0 Å². The smallest absolute Gasteiger partial charge is 0.251 e. The molecular weight excluding hydrogens is 276 g/mol. The molecule has 1 aliphatic rings. The lowest BCUT2D eigenvalue weighted by Crippen LogP contribution is -2.42. The predicted molar refractivity (Wildman–Crippen MR) is 80.8 cm³/mol. The van der Waals surface area contributed by atoms with Crippen LogP contribution < -0.4 is 11.1 Å². The molecule has 1 aromatic rings. The minimum absolute atomic E-state index is 0.232. The first-order chi connectivity index (χ1) is 9.50. The van der Waals surface area contributed by atoms with Crippen molar-refractivity contribution in [3.63, 3.8) is 0 Å². The first-order valence-electron chi connectivity index (χ1n) is 7.06. The van der Waals surface area contributed by atoms with Gasteiger partial charge in [0.2, 0.25) is 0 Å². The van der Waals surface area contributed by atoms with E-state index in [9.17, 15) is 9.90 Å². The Bertz CT molecular complexity index is 483. The molecule has 4 N–H and O–H groups in total. The van der Waals surface area contributed by atoms with Crippen LogP contribution in [0.4, 0.5) is 5.69 Å². The molecule has 4 nitrogen and oxygen atoms in total. The normalized spacial score (nSPS) is 18.3. The van der Waals surface area contributed by atoms with Gasteiger partial charge in [0.05, 0.1) is 16.3 Å². The maximum absolute atomic E-state index is 12.1. The molecule has 1 aliphatic carbocycles. The van der Waals surface area contributed by atoms with Crippen LogP contribution in [-0.2, 0) is 0 Å². The standard InChI is InChI=1S/C15H21ClN2O2/c16-12-9-11(5-6-13(12)17)14(19)18-10-15(20)7-3-1-2-4-8-15/h5-6,9,20H,1-4,7-8,10,17H2,(H,18,19). The molecule has 1 fully saturated rings. The Balaban J connectivity index is 1.95. The number of rotatable bonds is 3. The van der Waals surface area contributed by atoms with Gasteiger partial charge in [-0.15, -0.1) is 0 Å². The van der Waals surface area contributed by atoms with Gasteiger partial charge in [0, 0.05) is 12.1 Å². The molecule has 1 aromatic carbocycles. The van der Waals surface area contributed by atoms with E-state index < -0.39 is 5.60 Å². The van der Waals surface area contributed by atoms with E-state index in [0.29, 0.717) is 16.3 Å². The summed E-state index contributed by atoms with van der Waals surface area (Å²) in [5.74, 6) is -0.232. The summed E-state index contributed by atoms with van der Waals surface area (Å²) in [6.45, 7) is 0.286. The largest absolute Gasteiger partial charge is 0.398 e. The number of benzene rings is 1. The quantitative estimate of drug-likeness (QED) is 0.593. The molecule has 5 heteroatoms. The van der Waals surface area contributed by atoms with Gasteiger partial charge in [-0.25, -0.2) is 0 Å².